The van der Waals surface area contributed by atoms with Crippen molar-refractivity contribution in [2.75, 3.05) is 6.61 Å². The van der Waals surface area contributed by atoms with E-state index < -0.39 is 17.4 Å². The number of carboxylic acids is 1. The zero-order chi connectivity index (χ0) is 16.1. The first-order valence-corrected chi connectivity index (χ1v) is 8.45. The van der Waals surface area contributed by atoms with Crippen molar-refractivity contribution >= 4 is 11.9 Å². The highest BCUT2D eigenvalue weighted by Gasteiger charge is 2.46. The predicted octanol–water partition coefficient (Wildman–Crippen LogP) is 4.56. The molecule has 0 amide bonds. The Morgan fingerprint density at radius 3 is 1.90 bits per heavy atom. The Morgan fingerprint density at radius 1 is 0.857 bits per heavy atom. The molecule has 0 aliphatic carbocycles. The van der Waals surface area contributed by atoms with Gasteiger partial charge in [-0.25, -0.2) is 0 Å². The first-order chi connectivity index (χ1) is 10.0. The van der Waals surface area contributed by atoms with Gasteiger partial charge in [0.2, 0.25) is 0 Å². The van der Waals surface area contributed by atoms with E-state index in [1.807, 2.05) is 6.92 Å². The van der Waals surface area contributed by atoms with E-state index in [2.05, 4.69) is 6.92 Å². The Bertz CT molecular complexity index is 301. The van der Waals surface area contributed by atoms with Gasteiger partial charge in [-0.1, -0.05) is 65.2 Å². The molecule has 124 valence electrons. The minimum atomic E-state index is -1.34. The van der Waals surface area contributed by atoms with E-state index in [0.29, 0.717) is 12.8 Å². The Balaban J connectivity index is 4.61. The molecule has 0 saturated carbocycles. The van der Waals surface area contributed by atoms with E-state index >= 15 is 0 Å². The zero-order valence-electron chi connectivity index (χ0n) is 14.0. The number of hydrogen-bond donors (Lipinski definition) is 1. The molecule has 4 nitrogen and oxygen atoms in total. The highest BCUT2D eigenvalue weighted by atomic mass is 16.5. The summed E-state index contributed by atoms with van der Waals surface area (Å²) in [6.07, 6.45) is 8.87. The van der Waals surface area contributed by atoms with E-state index in [-0.39, 0.29) is 6.61 Å². The van der Waals surface area contributed by atoms with Crippen molar-refractivity contribution < 1.29 is 19.4 Å². The molecule has 0 fully saturated rings. The van der Waals surface area contributed by atoms with Gasteiger partial charge in [0.05, 0.1) is 6.61 Å². The quantitative estimate of drug-likeness (QED) is 0.307. The number of rotatable bonds is 13. The fraction of sp³-hybridized carbons (Fsp3) is 0.882. The minimum absolute atomic E-state index is 0.233. The first kappa shape index (κ1) is 19.9. The molecular weight excluding hydrogens is 268 g/mol. The van der Waals surface area contributed by atoms with Gasteiger partial charge < -0.3 is 9.84 Å². The molecule has 1 unspecified atom stereocenters. The monoisotopic (exact) mass is 300 g/mol. The number of ether oxygens (including phenoxy) is 1. The van der Waals surface area contributed by atoms with Gasteiger partial charge in [-0.2, -0.15) is 0 Å². The van der Waals surface area contributed by atoms with Crippen molar-refractivity contribution in [1.29, 1.82) is 0 Å². The summed E-state index contributed by atoms with van der Waals surface area (Å²) in [5.74, 6) is -1.58. The summed E-state index contributed by atoms with van der Waals surface area (Å²) in [7, 11) is 0. The molecule has 0 aromatic rings. The van der Waals surface area contributed by atoms with Gasteiger partial charge in [0.1, 0.15) is 0 Å². The van der Waals surface area contributed by atoms with Crippen LogP contribution < -0.4 is 0 Å². The number of unbranched alkanes of at least 4 members (excludes halogenated alkanes) is 6. The molecule has 0 radical (unpaired) electrons. The molecule has 0 bridgehead atoms. The van der Waals surface area contributed by atoms with Crippen molar-refractivity contribution in [3.8, 4) is 0 Å². The molecule has 0 aliphatic heterocycles. The van der Waals surface area contributed by atoms with Crippen LogP contribution in [0.15, 0.2) is 0 Å². The fourth-order valence-corrected chi connectivity index (χ4v) is 2.59. The lowest BCUT2D eigenvalue weighted by Gasteiger charge is -2.27. The zero-order valence-corrected chi connectivity index (χ0v) is 14.0. The van der Waals surface area contributed by atoms with E-state index in [1.54, 1.807) is 6.92 Å². The smallest absolute Gasteiger partial charge is 0.323 e. The number of carbonyl (C=O) groups excluding carboxylic acids is 1. The third-order valence-electron chi connectivity index (χ3n) is 3.99. The summed E-state index contributed by atoms with van der Waals surface area (Å²) < 4.78 is 5.04. The van der Waals surface area contributed by atoms with E-state index in [9.17, 15) is 14.7 Å². The first-order valence-electron chi connectivity index (χ1n) is 8.45. The lowest BCUT2D eigenvalue weighted by molar-refractivity contribution is -0.170. The highest BCUT2D eigenvalue weighted by molar-refractivity contribution is 5.99. The maximum atomic E-state index is 12.2. The topological polar surface area (TPSA) is 63.6 Å². The Labute approximate surface area is 129 Å². The second-order valence-corrected chi connectivity index (χ2v) is 5.73. The van der Waals surface area contributed by atoms with Gasteiger partial charge in [0.15, 0.2) is 5.41 Å². The second kappa shape index (κ2) is 11.6. The lowest BCUT2D eigenvalue weighted by Crippen LogP contribution is -2.41. The van der Waals surface area contributed by atoms with Gasteiger partial charge in [-0.15, -0.1) is 0 Å². The minimum Gasteiger partial charge on any atom is -0.480 e. The van der Waals surface area contributed by atoms with Crippen LogP contribution in [-0.4, -0.2) is 23.7 Å². The summed E-state index contributed by atoms with van der Waals surface area (Å²) in [6.45, 7) is 6.12. The predicted molar refractivity (Wildman–Crippen MR) is 84.2 cm³/mol. The van der Waals surface area contributed by atoms with Crippen molar-refractivity contribution in [3.63, 3.8) is 0 Å². The van der Waals surface area contributed by atoms with Crippen LogP contribution in [-0.2, 0) is 14.3 Å². The number of aliphatic carboxylic acids is 1. The van der Waals surface area contributed by atoms with E-state index in [4.69, 9.17) is 4.74 Å². The normalized spacial score (nSPS) is 13.7. The van der Waals surface area contributed by atoms with Crippen LogP contribution in [0.4, 0.5) is 0 Å². The van der Waals surface area contributed by atoms with Crippen LogP contribution in [0.2, 0.25) is 0 Å². The van der Waals surface area contributed by atoms with Crippen LogP contribution in [0.3, 0.4) is 0 Å². The molecule has 0 heterocycles. The molecule has 0 rings (SSSR count). The molecule has 4 heteroatoms. The van der Waals surface area contributed by atoms with E-state index in [0.717, 1.165) is 32.1 Å². The summed E-state index contributed by atoms with van der Waals surface area (Å²) in [5, 5.41) is 9.59. The number of hydrogen-bond acceptors (Lipinski definition) is 3. The summed E-state index contributed by atoms with van der Waals surface area (Å²) in [4.78, 5) is 23.9. The molecule has 0 aromatic heterocycles. The second-order valence-electron chi connectivity index (χ2n) is 5.73. The molecule has 0 aliphatic rings. The third-order valence-corrected chi connectivity index (χ3v) is 3.99. The van der Waals surface area contributed by atoms with Gasteiger partial charge in [0.25, 0.3) is 0 Å². The molecule has 0 spiro atoms. The van der Waals surface area contributed by atoms with Gasteiger partial charge >= 0.3 is 11.9 Å². The molecule has 0 aromatic carbocycles. The van der Waals surface area contributed by atoms with Crippen LogP contribution in [0.5, 0.6) is 0 Å². The standard InChI is InChI=1S/C17H32O4/c1-4-7-9-10-11-12-14-17(15(18)19,13-8-5-2)16(20)21-6-3/h4-14H2,1-3H3,(H,18,19). The summed E-state index contributed by atoms with van der Waals surface area (Å²) >= 11 is 0. The summed E-state index contributed by atoms with van der Waals surface area (Å²) in [6, 6.07) is 0. The Kier molecular flexibility index (Phi) is 11.0. The maximum Gasteiger partial charge on any atom is 0.323 e. The van der Waals surface area contributed by atoms with Crippen LogP contribution in [0.25, 0.3) is 0 Å². The van der Waals surface area contributed by atoms with Crippen molar-refractivity contribution in [2.24, 2.45) is 5.41 Å². The molecule has 1 N–H and O–H groups in total. The van der Waals surface area contributed by atoms with Crippen LogP contribution >= 0.6 is 0 Å². The Morgan fingerprint density at radius 2 is 1.38 bits per heavy atom. The largest absolute Gasteiger partial charge is 0.480 e. The maximum absolute atomic E-state index is 12.2. The third kappa shape index (κ3) is 6.96. The van der Waals surface area contributed by atoms with Crippen LogP contribution in [0, 0.1) is 5.41 Å². The molecule has 21 heavy (non-hydrogen) atoms. The lowest BCUT2D eigenvalue weighted by atomic mass is 9.78. The molecule has 0 saturated heterocycles. The fourth-order valence-electron chi connectivity index (χ4n) is 2.59. The molecular formula is C17H32O4. The Hall–Kier alpha value is -1.06. The van der Waals surface area contributed by atoms with Crippen molar-refractivity contribution in [1.82, 2.24) is 0 Å². The van der Waals surface area contributed by atoms with Crippen molar-refractivity contribution in [3.05, 3.63) is 0 Å². The van der Waals surface area contributed by atoms with Gasteiger partial charge in [-0.3, -0.25) is 9.59 Å². The number of carboxylic acid groups (broad SMARTS) is 1. The highest BCUT2D eigenvalue weighted by Crippen LogP contribution is 2.33. The average molecular weight is 300 g/mol. The number of esters is 1. The van der Waals surface area contributed by atoms with Crippen LogP contribution in [0.1, 0.15) is 85.0 Å². The van der Waals surface area contributed by atoms with E-state index in [1.165, 1.54) is 19.3 Å². The van der Waals surface area contributed by atoms with Gasteiger partial charge in [0, 0.05) is 0 Å². The average Bonchev–Trinajstić information content (AvgIpc) is 2.45. The van der Waals surface area contributed by atoms with Crippen molar-refractivity contribution in [2.45, 2.75) is 85.0 Å². The SMILES string of the molecule is CCCCCCCCC(CCCC)(C(=O)O)C(=O)OCC. The molecule has 1 atom stereocenters. The summed E-state index contributed by atoms with van der Waals surface area (Å²) in [5.41, 5.74) is -1.34. The van der Waals surface area contributed by atoms with Gasteiger partial charge in [-0.05, 0) is 19.8 Å². The number of carbonyl (C=O) groups is 2.